The minimum absolute atomic E-state index is 0.0160. The van der Waals surface area contributed by atoms with Gasteiger partial charge < -0.3 is 10.2 Å². The smallest absolute Gasteiger partial charge is 0.264 e. The van der Waals surface area contributed by atoms with Crippen molar-refractivity contribution in [2.24, 2.45) is 0 Å². The summed E-state index contributed by atoms with van der Waals surface area (Å²) in [6, 6.07) is 24.5. The molecule has 1 N–H and O–H groups in total. The number of rotatable bonds is 12. The molecule has 7 nitrogen and oxygen atoms in total. The molecular formula is C38H40Cl3N3O4S. The molecule has 0 heterocycles. The predicted molar refractivity (Wildman–Crippen MR) is 198 cm³/mol. The lowest BCUT2D eigenvalue weighted by Crippen LogP contribution is -2.55. The summed E-state index contributed by atoms with van der Waals surface area (Å²) in [6.45, 7) is 3.10. The highest BCUT2D eigenvalue weighted by atomic mass is 35.5. The van der Waals surface area contributed by atoms with E-state index in [-0.39, 0.29) is 29.8 Å². The number of hydrogen-bond acceptors (Lipinski definition) is 4. The molecule has 0 unspecified atom stereocenters. The first kappa shape index (κ1) is 36.7. The van der Waals surface area contributed by atoms with Gasteiger partial charge in [0.25, 0.3) is 10.0 Å². The van der Waals surface area contributed by atoms with Gasteiger partial charge in [-0.2, -0.15) is 0 Å². The molecule has 1 aliphatic carbocycles. The lowest BCUT2D eigenvalue weighted by Gasteiger charge is -2.35. The highest BCUT2D eigenvalue weighted by molar-refractivity contribution is 7.92. The Morgan fingerprint density at radius 1 is 0.816 bits per heavy atom. The molecular weight excluding hydrogens is 701 g/mol. The van der Waals surface area contributed by atoms with Gasteiger partial charge in [-0.25, -0.2) is 8.42 Å². The van der Waals surface area contributed by atoms with Crippen molar-refractivity contribution >= 4 is 62.3 Å². The van der Waals surface area contributed by atoms with Crippen molar-refractivity contribution in [1.82, 2.24) is 10.2 Å². The number of nitrogens with one attached hydrogen (secondary N) is 1. The van der Waals surface area contributed by atoms with Crippen LogP contribution in [-0.2, 0) is 32.6 Å². The monoisotopic (exact) mass is 739 g/mol. The van der Waals surface area contributed by atoms with E-state index in [4.69, 9.17) is 34.8 Å². The third kappa shape index (κ3) is 9.17. The van der Waals surface area contributed by atoms with E-state index in [1.807, 2.05) is 50.2 Å². The topological polar surface area (TPSA) is 86.8 Å². The minimum atomic E-state index is -4.27. The van der Waals surface area contributed by atoms with E-state index in [9.17, 15) is 18.0 Å². The molecule has 2 amide bonds. The highest BCUT2D eigenvalue weighted by Crippen LogP contribution is 2.30. The average Bonchev–Trinajstić information content (AvgIpc) is 3.08. The number of nitrogens with zero attached hydrogens (tertiary/aromatic N) is 2. The minimum Gasteiger partial charge on any atom is -0.352 e. The Hall–Kier alpha value is -3.56. The van der Waals surface area contributed by atoms with E-state index in [0.29, 0.717) is 26.3 Å². The van der Waals surface area contributed by atoms with Gasteiger partial charge >= 0.3 is 0 Å². The first-order valence-corrected chi connectivity index (χ1v) is 18.9. The number of halogens is 3. The summed E-state index contributed by atoms with van der Waals surface area (Å²) in [5.41, 5.74) is 3.44. The zero-order valence-corrected chi connectivity index (χ0v) is 30.6. The van der Waals surface area contributed by atoms with Gasteiger partial charge in [0, 0.05) is 39.6 Å². The van der Waals surface area contributed by atoms with Gasteiger partial charge in [-0.05, 0) is 91.9 Å². The number of benzene rings is 4. The summed E-state index contributed by atoms with van der Waals surface area (Å²) in [5, 5.41) is 4.24. The van der Waals surface area contributed by atoms with Crippen LogP contribution in [0.1, 0.15) is 54.4 Å². The van der Waals surface area contributed by atoms with Crippen LogP contribution in [0.25, 0.3) is 0 Å². The standard InChI is InChI=1S/C38H40Cl3N3O4S/c1-26-16-19-31(22-27(26)2)44(49(47,48)32-20-17-29(39)18-21-32)25-37(45)43(24-33-34(40)14-9-15-35(33)41)36(23-28-10-5-3-6-11-28)38(46)42-30-12-7-4-8-13-30/h3,5-6,9-11,14-22,30,36H,4,7-8,12-13,23-25H2,1-2H3,(H,42,46)/t36-/m1/s1. The van der Waals surface area contributed by atoms with E-state index < -0.39 is 28.5 Å². The molecule has 0 aromatic heterocycles. The number of aryl methyl sites for hydroxylation is 2. The third-order valence-corrected chi connectivity index (χ3v) is 11.8. The molecule has 0 bridgehead atoms. The van der Waals surface area contributed by atoms with Crippen LogP contribution < -0.4 is 9.62 Å². The molecule has 0 radical (unpaired) electrons. The van der Waals surface area contributed by atoms with Crippen molar-refractivity contribution in [1.29, 1.82) is 0 Å². The van der Waals surface area contributed by atoms with Crippen molar-refractivity contribution in [3.8, 4) is 0 Å². The van der Waals surface area contributed by atoms with Gasteiger partial charge in [0.15, 0.2) is 0 Å². The first-order chi connectivity index (χ1) is 23.4. The molecule has 0 spiro atoms. The van der Waals surface area contributed by atoms with Crippen LogP contribution in [0.15, 0.2) is 95.9 Å². The normalized spacial score (nSPS) is 14.2. The molecule has 1 aliphatic rings. The Balaban J connectivity index is 1.60. The summed E-state index contributed by atoms with van der Waals surface area (Å²) in [4.78, 5) is 30.5. The first-order valence-electron chi connectivity index (χ1n) is 16.4. The second-order valence-electron chi connectivity index (χ2n) is 12.5. The third-order valence-electron chi connectivity index (χ3n) is 9.07. The molecule has 11 heteroatoms. The van der Waals surface area contributed by atoms with Crippen LogP contribution in [0, 0.1) is 13.8 Å². The van der Waals surface area contributed by atoms with Gasteiger partial charge in [-0.15, -0.1) is 0 Å². The van der Waals surface area contributed by atoms with Crippen molar-refractivity contribution < 1.29 is 18.0 Å². The lowest BCUT2D eigenvalue weighted by atomic mass is 9.94. The van der Waals surface area contributed by atoms with Gasteiger partial charge in [-0.3, -0.25) is 13.9 Å². The van der Waals surface area contributed by atoms with Crippen LogP contribution in [0.3, 0.4) is 0 Å². The van der Waals surface area contributed by atoms with Crippen molar-refractivity contribution in [3.05, 3.63) is 128 Å². The van der Waals surface area contributed by atoms with E-state index in [2.05, 4.69) is 5.32 Å². The van der Waals surface area contributed by atoms with E-state index in [1.54, 1.807) is 30.3 Å². The fourth-order valence-corrected chi connectivity index (χ4v) is 8.14. The number of amides is 2. The Bertz CT molecular complexity index is 1860. The predicted octanol–water partition coefficient (Wildman–Crippen LogP) is 8.55. The van der Waals surface area contributed by atoms with Crippen LogP contribution in [0.4, 0.5) is 5.69 Å². The molecule has 4 aromatic rings. The van der Waals surface area contributed by atoms with Crippen molar-refractivity contribution in [3.63, 3.8) is 0 Å². The maximum atomic E-state index is 14.8. The molecule has 49 heavy (non-hydrogen) atoms. The van der Waals surface area contributed by atoms with Crippen LogP contribution in [0.2, 0.25) is 15.1 Å². The number of sulfonamides is 1. The second-order valence-corrected chi connectivity index (χ2v) is 15.6. The van der Waals surface area contributed by atoms with Crippen LogP contribution >= 0.6 is 34.8 Å². The summed E-state index contributed by atoms with van der Waals surface area (Å²) in [6.07, 6.45) is 5.05. The second kappa shape index (κ2) is 16.4. The Morgan fingerprint density at radius 3 is 2.10 bits per heavy atom. The highest BCUT2D eigenvalue weighted by Gasteiger charge is 2.36. The molecule has 4 aromatic carbocycles. The summed E-state index contributed by atoms with van der Waals surface area (Å²) >= 11 is 19.4. The van der Waals surface area contributed by atoms with Crippen LogP contribution in [0.5, 0.6) is 0 Å². The molecule has 0 saturated heterocycles. The molecule has 1 fully saturated rings. The number of carbonyl (C=O) groups is 2. The summed E-state index contributed by atoms with van der Waals surface area (Å²) < 4.78 is 29.7. The summed E-state index contributed by atoms with van der Waals surface area (Å²) in [7, 11) is -4.27. The number of anilines is 1. The Morgan fingerprint density at radius 2 is 1.47 bits per heavy atom. The largest absolute Gasteiger partial charge is 0.352 e. The van der Waals surface area contributed by atoms with Gasteiger partial charge in [0.1, 0.15) is 12.6 Å². The molecule has 1 saturated carbocycles. The van der Waals surface area contributed by atoms with Gasteiger partial charge in [0.05, 0.1) is 10.6 Å². The lowest BCUT2D eigenvalue weighted by molar-refractivity contribution is -0.140. The van der Waals surface area contributed by atoms with Crippen LogP contribution in [-0.4, -0.2) is 43.8 Å². The molecule has 0 aliphatic heterocycles. The van der Waals surface area contributed by atoms with Crippen molar-refractivity contribution in [2.75, 3.05) is 10.8 Å². The zero-order valence-electron chi connectivity index (χ0n) is 27.5. The van der Waals surface area contributed by atoms with Gasteiger partial charge in [-0.1, -0.05) is 96.5 Å². The SMILES string of the molecule is Cc1ccc(N(CC(=O)N(Cc2c(Cl)cccc2Cl)[C@H](Cc2ccccc2)C(=O)NC2CCCCC2)S(=O)(=O)c2ccc(Cl)cc2)cc1C. The van der Waals surface area contributed by atoms with E-state index in [0.717, 1.165) is 53.1 Å². The molecule has 258 valence electrons. The zero-order chi connectivity index (χ0) is 35.1. The Labute approximate surface area is 304 Å². The Kier molecular flexibility index (Phi) is 12.3. The maximum Gasteiger partial charge on any atom is 0.264 e. The molecule has 1 atom stereocenters. The summed E-state index contributed by atoms with van der Waals surface area (Å²) in [5.74, 6) is -0.906. The van der Waals surface area contributed by atoms with E-state index in [1.165, 1.54) is 29.2 Å². The average molecular weight is 741 g/mol. The van der Waals surface area contributed by atoms with Gasteiger partial charge in [0.2, 0.25) is 11.8 Å². The number of hydrogen-bond donors (Lipinski definition) is 1. The molecule has 5 rings (SSSR count). The quantitative estimate of drug-likeness (QED) is 0.158. The van der Waals surface area contributed by atoms with E-state index >= 15 is 0 Å². The van der Waals surface area contributed by atoms with Crippen molar-refractivity contribution in [2.45, 2.75) is 75.9 Å². The maximum absolute atomic E-state index is 14.8. The number of carbonyl (C=O) groups excluding carboxylic acids is 2. The fourth-order valence-electron chi connectivity index (χ4n) is 6.10. The fraction of sp³-hybridized carbons (Fsp3) is 0.316.